The van der Waals surface area contributed by atoms with Crippen LogP contribution >= 0.6 is 11.3 Å². The van der Waals surface area contributed by atoms with Gasteiger partial charge in [-0.15, -0.1) is 0 Å². The molecule has 1 atom stereocenters. The number of hydrogen-bond acceptors (Lipinski definition) is 5. The topological polar surface area (TPSA) is 80.3 Å². The molecule has 0 aliphatic rings. The summed E-state index contributed by atoms with van der Waals surface area (Å²) < 4.78 is 6.20. The lowest BCUT2D eigenvalue weighted by molar-refractivity contribution is -0.125. The number of hydrogen-bond donors (Lipinski definition) is 2. The SMILES string of the molecule is COc1cccc(CC(NC(C)=O)C(=O)Nc2nc3ccccc3s2)c1. The van der Waals surface area contributed by atoms with Crippen molar-refractivity contribution in [1.29, 1.82) is 0 Å². The van der Waals surface area contributed by atoms with Gasteiger partial charge in [-0.3, -0.25) is 9.59 Å². The number of carbonyl (C=O) groups excluding carboxylic acids is 2. The highest BCUT2D eigenvalue weighted by Crippen LogP contribution is 2.25. The van der Waals surface area contributed by atoms with Crippen LogP contribution in [0.25, 0.3) is 10.2 Å². The van der Waals surface area contributed by atoms with Gasteiger partial charge >= 0.3 is 0 Å². The van der Waals surface area contributed by atoms with Gasteiger partial charge in [0.2, 0.25) is 11.8 Å². The number of rotatable bonds is 6. The van der Waals surface area contributed by atoms with E-state index < -0.39 is 6.04 Å². The molecule has 3 aromatic rings. The normalized spacial score (nSPS) is 11.8. The van der Waals surface area contributed by atoms with E-state index in [1.54, 1.807) is 7.11 Å². The minimum Gasteiger partial charge on any atom is -0.497 e. The van der Waals surface area contributed by atoms with E-state index in [9.17, 15) is 9.59 Å². The van der Waals surface area contributed by atoms with Gasteiger partial charge < -0.3 is 15.4 Å². The number of amides is 2. The number of ether oxygens (including phenoxy) is 1. The van der Waals surface area contributed by atoms with Gasteiger partial charge in [-0.05, 0) is 29.8 Å². The lowest BCUT2D eigenvalue weighted by atomic mass is 10.0. The van der Waals surface area contributed by atoms with Gasteiger partial charge in [-0.25, -0.2) is 4.98 Å². The minimum atomic E-state index is -0.702. The van der Waals surface area contributed by atoms with E-state index in [2.05, 4.69) is 15.6 Å². The maximum atomic E-state index is 12.7. The number of aromatic nitrogens is 1. The van der Waals surface area contributed by atoms with Crippen molar-refractivity contribution in [3.8, 4) is 5.75 Å². The van der Waals surface area contributed by atoms with Crippen molar-refractivity contribution < 1.29 is 14.3 Å². The lowest BCUT2D eigenvalue weighted by Gasteiger charge is -2.17. The first-order valence-corrected chi connectivity index (χ1v) is 8.93. The van der Waals surface area contributed by atoms with E-state index in [1.165, 1.54) is 18.3 Å². The lowest BCUT2D eigenvalue weighted by Crippen LogP contribution is -2.44. The Morgan fingerprint density at radius 1 is 1.19 bits per heavy atom. The number of nitrogens with one attached hydrogen (secondary N) is 2. The Morgan fingerprint density at radius 3 is 2.73 bits per heavy atom. The summed E-state index contributed by atoms with van der Waals surface area (Å²) in [5.74, 6) is 0.134. The van der Waals surface area contributed by atoms with Crippen molar-refractivity contribution in [2.24, 2.45) is 0 Å². The fourth-order valence-corrected chi connectivity index (χ4v) is 3.48. The van der Waals surface area contributed by atoms with Gasteiger partial charge in [-0.1, -0.05) is 35.6 Å². The van der Waals surface area contributed by atoms with E-state index in [0.717, 1.165) is 15.8 Å². The standard InChI is InChI=1S/C19H19N3O3S/c1-12(23)20-16(11-13-6-5-7-14(10-13)25-2)18(24)22-19-21-15-8-3-4-9-17(15)26-19/h3-10,16H,11H2,1-2H3,(H,20,23)(H,21,22,24). The molecule has 0 spiro atoms. The van der Waals surface area contributed by atoms with E-state index in [-0.39, 0.29) is 11.8 Å². The molecule has 1 aromatic heterocycles. The maximum Gasteiger partial charge on any atom is 0.249 e. The van der Waals surface area contributed by atoms with Gasteiger partial charge in [0.25, 0.3) is 0 Å². The maximum absolute atomic E-state index is 12.7. The van der Waals surface area contributed by atoms with Crippen molar-refractivity contribution in [2.75, 3.05) is 12.4 Å². The summed E-state index contributed by atoms with van der Waals surface area (Å²) in [7, 11) is 1.59. The number of carbonyl (C=O) groups is 2. The van der Waals surface area contributed by atoms with Gasteiger partial charge in [0.1, 0.15) is 11.8 Å². The molecule has 0 radical (unpaired) electrons. The highest BCUT2D eigenvalue weighted by Gasteiger charge is 2.21. The van der Waals surface area contributed by atoms with Crippen molar-refractivity contribution in [3.63, 3.8) is 0 Å². The van der Waals surface area contributed by atoms with Crippen LogP contribution in [0.4, 0.5) is 5.13 Å². The summed E-state index contributed by atoms with van der Waals surface area (Å²) in [6.45, 7) is 1.39. The molecule has 26 heavy (non-hydrogen) atoms. The van der Waals surface area contributed by atoms with E-state index >= 15 is 0 Å². The van der Waals surface area contributed by atoms with Crippen LogP contribution in [0.1, 0.15) is 12.5 Å². The van der Waals surface area contributed by atoms with Crippen LogP contribution in [0.5, 0.6) is 5.75 Å². The zero-order valence-electron chi connectivity index (χ0n) is 14.5. The first kappa shape index (κ1) is 17.9. The fourth-order valence-electron chi connectivity index (χ4n) is 2.61. The number of nitrogens with zero attached hydrogens (tertiary/aromatic N) is 1. The minimum absolute atomic E-state index is 0.266. The second-order valence-electron chi connectivity index (χ2n) is 5.78. The summed E-state index contributed by atoms with van der Waals surface area (Å²) in [6.07, 6.45) is 0.355. The fraction of sp³-hybridized carbons (Fsp3) is 0.211. The summed E-state index contributed by atoms with van der Waals surface area (Å²) in [6, 6.07) is 14.4. The highest BCUT2D eigenvalue weighted by atomic mass is 32.1. The van der Waals surface area contributed by atoms with Crippen LogP contribution in [0.15, 0.2) is 48.5 Å². The molecule has 0 saturated heterocycles. The van der Waals surface area contributed by atoms with E-state index in [4.69, 9.17) is 4.74 Å². The van der Waals surface area contributed by atoms with Gasteiger partial charge in [-0.2, -0.15) is 0 Å². The summed E-state index contributed by atoms with van der Waals surface area (Å²) in [5.41, 5.74) is 1.72. The molecule has 0 aliphatic carbocycles. The summed E-state index contributed by atoms with van der Waals surface area (Å²) in [5, 5.41) is 6.02. The number of benzene rings is 2. The number of anilines is 1. The third kappa shape index (κ3) is 4.37. The summed E-state index contributed by atoms with van der Waals surface area (Å²) >= 11 is 1.40. The molecule has 3 rings (SSSR count). The predicted molar refractivity (Wildman–Crippen MR) is 103 cm³/mol. The smallest absolute Gasteiger partial charge is 0.249 e. The van der Waals surface area contributed by atoms with Crippen LogP contribution in [0.2, 0.25) is 0 Å². The van der Waals surface area contributed by atoms with Crippen molar-refractivity contribution in [2.45, 2.75) is 19.4 Å². The van der Waals surface area contributed by atoms with Gasteiger partial charge in [0, 0.05) is 13.3 Å². The monoisotopic (exact) mass is 369 g/mol. The average Bonchev–Trinajstić information content (AvgIpc) is 3.03. The highest BCUT2D eigenvalue weighted by molar-refractivity contribution is 7.22. The molecule has 6 nitrogen and oxygen atoms in total. The van der Waals surface area contributed by atoms with Gasteiger partial charge in [0.15, 0.2) is 5.13 Å². The van der Waals surface area contributed by atoms with Crippen molar-refractivity contribution in [1.82, 2.24) is 10.3 Å². The Kier molecular flexibility index (Phi) is 5.48. The molecule has 2 amide bonds. The number of para-hydroxylation sites is 1. The molecule has 0 aliphatic heterocycles. The van der Waals surface area contributed by atoms with Crippen LogP contribution in [-0.2, 0) is 16.0 Å². The number of methoxy groups -OCH3 is 1. The Balaban J connectivity index is 1.77. The molecule has 7 heteroatoms. The van der Waals surface area contributed by atoms with Crippen molar-refractivity contribution in [3.05, 3.63) is 54.1 Å². The molecule has 2 aromatic carbocycles. The Morgan fingerprint density at radius 2 is 2.00 bits per heavy atom. The molecule has 0 bridgehead atoms. The average molecular weight is 369 g/mol. The number of thiazole rings is 1. The molecular weight excluding hydrogens is 350 g/mol. The molecule has 1 heterocycles. The third-order valence-corrected chi connectivity index (χ3v) is 4.74. The molecule has 1 unspecified atom stereocenters. The quantitative estimate of drug-likeness (QED) is 0.700. The molecular formula is C19H19N3O3S. The first-order valence-electron chi connectivity index (χ1n) is 8.11. The van der Waals surface area contributed by atoms with Crippen molar-refractivity contribution >= 4 is 38.5 Å². The summed E-state index contributed by atoms with van der Waals surface area (Å²) in [4.78, 5) is 28.6. The van der Waals surface area contributed by atoms with Crippen LogP contribution in [0.3, 0.4) is 0 Å². The van der Waals surface area contributed by atoms with E-state index in [1.807, 2.05) is 48.5 Å². The van der Waals surface area contributed by atoms with Crippen LogP contribution in [0, 0.1) is 0 Å². The Labute approximate surface area is 155 Å². The van der Waals surface area contributed by atoms with E-state index in [0.29, 0.717) is 17.3 Å². The zero-order valence-corrected chi connectivity index (χ0v) is 15.3. The third-order valence-electron chi connectivity index (χ3n) is 3.79. The second-order valence-corrected chi connectivity index (χ2v) is 6.82. The molecule has 0 fully saturated rings. The number of fused-ring (bicyclic) bond motifs is 1. The predicted octanol–water partition coefficient (Wildman–Crippen LogP) is 2.99. The molecule has 2 N–H and O–H groups in total. The molecule has 134 valence electrons. The van der Waals surface area contributed by atoms with Crippen LogP contribution in [-0.4, -0.2) is 29.9 Å². The zero-order chi connectivity index (χ0) is 18.5. The largest absolute Gasteiger partial charge is 0.497 e. The van der Waals surface area contributed by atoms with Gasteiger partial charge in [0.05, 0.1) is 17.3 Å². The molecule has 0 saturated carbocycles. The second kappa shape index (κ2) is 7.97. The van der Waals surface area contributed by atoms with Crippen LogP contribution < -0.4 is 15.4 Å². The first-order chi connectivity index (χ1) is 12.5. The Hall–Kier alpha value is -2.93. The Bertz CT molecular complexity index is 905.